The molecule has 2 aromatic rings. The number of hydrogen-bond acceptors (Lipinski definition) is 4. The molecule has 7 rings (SSSR count). The second-order valence-electron chi connectivity index (χ2n) is 11.5. The number of nitrogens with zero attached hydrogens (tertiary/aromatic N) is 2. The van der Waals surface area contributed by atoms with E-state index < -0.39 is 0 Å². The van der Waals surface area contributed by atoms with Crippen LogP contribution in [-0.2, 0) is 15.0 Å². The first kappa shape index (κ1) is 23.3. The fourth-order valence-electron chi connectivity index (χ4n) is 7.86. The van der Waals surface area contributed by atoms with Gasteiger partial charge in [-0.25, -0.2) is 0 Å². The van der Waals surface area contributed by atoms with Gasteiger partial charge in [0.15, 0.2) is 11.6 Å². The number of fused-ring (bicyclic) bond motifs is 4. The molecule has 2 amide bonds. The lowest BCUT2D eigenvalue weighted by atomic mass is 9.50. The van der Waals surface area contributed by atoms with Crippen LogP contribution < -0.4 is 0 Å². The zero-order chi connectivity index (χ0) is 26.2. The van der Waals surface area contributed by atoms with Crippen molar-refractivity contribution in [3.8, 4) is 0 Å². The van der Waals surface area contributed by atoms with Gasteiger partial charge in [-0.1, -0.05) is 55.5 Å². The fraction of sp³-hybridized carbons (Fsp3) is 0.375. The van der Waals surface area contributed by atoms with Crippen molar-refractivity contribution in [2.75, 3.05) is 13.1 Å². The van der Waals surface area contributed by atoms with Gasteiger partial charge in [0.1, 0.15) is 0 Å². The Kier molecular flexibility index (Phi) is 5.13. The lowest BCUT2D eigenvalue weighted by molar-refractivity contribution is -0.130. The molecule has 2 aromatic carbocycles. The van der Waals surface area contributed by atoms with Crippen LogP contribution in [0, 0.1) is 11.8 Å². The van der Waals surface area contributed by atoms with Crippen molar-refractivity contribution >= 4 is 23.4 Å². The maximum Gasteiger partial charge on any atom is 0.226 e. The van der Waals surface area contributed by atoms with Gasteiger partial charge in [-0.05, 0) is 42.2 Å². The van der Waals surface area contributed by atoms with Crippen LogP contribution in [0.1, 0.15) is 76.8 Å². The third-order valence-electron chi connectivity index (χ3n) is 9.61. The van der Waals surface area contributed by atoms with Crippen molar-refractivity contribution in [2.45, 2.75) is 50.4 Å². The number of carbonyl (C=O) groups is 4. The van der Waals surface area contributed by atoms with Gasteiger partial charge in [0.2, 0.25) is 11.8 Å². The molecule has 5 aliphatic rings. The number of likely N-dealkylation sites (tertiary alicyclic amines) is 2. The number of ketones is 2. The molecule has 0 radical (unpaired) electrons. The van der Waals surface area contributed by atoms with E-state index in [2.05, 4.69) is 13.0 Å². The van der Waals surface area contributed by atoms with Crippen molar-refractivity contribution in [1.29, 1.82) is 0 Å². The van der Waals surface area contributed by atoms with Crippen LogP contribution >= 0.6 is 0 Å². The molecule has 0 aromatic heterocycles. The summed E-state index contributed by atoms with van der Waals surface area (Å²) in [6.45, 7) is 3.45. The van der Waals surface area contributed by atoms with Crippen LogP contribution in [0.2, 0.25) is 0 Å². The number of allylic oxidation sites excluding steroid dienone is 4. The van der Waals surface area contributed by atoms with Crippen molar-refractivity contribution < 1.29 is 19.2 Å². The predicted octanol–water partition coefficient (Wildman–Crippen LogP) is 4.77. The van der Waals surface area contributed by atoms with Gasteiger partial charge in [0, 0.05) is 71.9 Å². The molecule has 2 aliphatic heterocycles. The van der Waals surface area contributed by atoms with Gasteiger partial charge in [0.25, 0.3) is 0 Å². The molecule has 0 bridgehead atoms. The first-order chi connectivity index (χ1) is 18.4. The summed E-state index contributed by atoms with van der Waals surface area (Å²) in [5, 5.41) is 0. The van der Waals surface area contributed by atoms with E-state index >= 15 is 0 Å². The molecule has 6 nitrogen and oxygen atoms in total. The maximum absolute atomic E-state index is 13.4. The van der Waals surface area contributed by atoms with Crippen molar-refractivity contribution in [3.63, 3.8) is 0 Å². The van der Waals surface area contributed by atoms with Gasteiger partial charge in [-0.2, -0.15) is 0 Å². The minimum atomic E-state index is -0.240. The molecular weight excluding hydrogens is 476 g/mol. The largest absolute Gasteiger partial charge is 0.315 e. The Labute approximate surface area is 222 Å². The van der Waals surface area contributed by atoms with Crippen LogP contribution in [0.4, 0.5) is 0 Å². The highest BCUT2D eigenvalue weighted by molar-refractivity contribution is 6.09. The minimum Gasteiger partial charge on any atom is -0.315 e. The highest BCUT2D eigenvalue weighted by atomic mass is 16.2. The summed E-state index contributed by atoms with van der Waals surface area (Å²) in [5.74, 6) is 0.739. The molecule has 4 atom stereocenters. The topological polar surface area (TPSA) is 74.8 Å². The van der Waals surface area contributed by atoms with E-state index in [1.54, 1.807) is 17.1 Å². The molecular formula is C32H30N2O4. The SMILES string of the molecule is C[C@H]1CC23C(=CC(=O)c4ccccc42)N(C(=O)CCCC(=O)N2CCC4C2=CC(=O)c2ccccc24)CC13. The first-order valence-corrected chi connectivity index (χ1v) is 13.7. The van der Waals surface area contributed by atoms with E-state index in [0.717, 1.165) is 46.5 Å². The monoisotopic (exact) mass is 506 g/mol. The van der Waals surface area contributed by atoms with Crippen LogP contribution in [0.3, 0.4) is 0 Å². The zero-order valence-corrected chi connectivity index (χ0v) is 21.5. The smallest absolute Gasteiger partial charge is 0.226 e. The average molecular weight is 507 g/mol. The van der Waals surface area contributed by atoms with Crippen LogP contribution in [0.5, 0.6) is 0 Å². The molecule has 3 unspecified atom stereocenters. The molecule has 2 saturated heterocycles. The quantitative estimate of drug-likeness (QED) is 0.599. The summed E-state index contributed by atoms with van der Waals surface area (Å²) in [6.07, 6.45) is 6.01. The summed E-state index contributed by atoms with van der Waals surface area (Å²) >= 11 is 0. The van der Waals surface area contributed by atoms with E-state index in [4.69, 9.17) is 0 Å². The Balaban J connectivity index is 1.04. The summed E-state index contributed by atoms with van der Waals surface area (Å²) < 4.78 is 0. The highest BCUT2D eigenvalue weighted by Crippen LogP contribution is 2.63. The van der Waals surface area contributed by atoms with Crippen molar-refractivity contribution in [2.24, 2.45) is 11.8 Å². The Bertz CT molecular complexity index is 1490. The Morgan fingerprint density at radius 3 is 2.37 bits per heavy atom. The fourth-order valence-corrected chi connectivity index (χ4v) is 7.86. The normalized spacial score (nSPS) is 28.4. The molecule has 192 valence electrons. The molecule has 3 fully saturated rings. The third-order valence-corrected chi connectivity index (χ3v) is 9.61. The zero-order valence-electron chi connectivity index (χ0n) is 21.5. The molecule has 1 spiro atoms. The molecule has 0 N–H and O–H groups in total. The third kappa shape index (κ3) is 3.12. The van der Waals surface area contributed by atoms with Crippen molar-refractivity contribution in [3.05, 3.63) is 94.3 Å². The van der Waals surface area contributed by atoms with E-state index in [-0.39, 0.29) is 47.6 Å². The van der Waals surface area contributed by atoms with Gasteiger partial charge in [0.05, 0.1) is 0 Å². The number of carbonyl (C=O) groups excluding carboxylic acids is 4. The highest BCUT2D eigenvalue weighted by Gasteiger charge is 2.63. The minimum absolute atomic E-state index is 0.0162. The number of hydrogen-bond donors (Lipinski definition) is 0. The summed E-state index contributed by atoms with van der Waals surface area (Å²) in [6, 6.07) is 15.5. The van der Waals surface area contributed by atoms with Gasteiger partial charge < -0.3 is 9.80 Å². The lowest BCUT2D eigenvalue weighted by Gasteiger charge is -2.52. The predicted molar refractivity (Wildman–Crippen MR) is 141 cm³/mol. The lowest BCUT2D eigenvalue weighted by Crippen LogP contribution is -2.50. The maximum atomic E-state index is 13.4. The van der Waals surface area contributed by atoms with E-state index in [1.807, 2.05) is 47.4 Å². The Morgan fingerprint density at radius 1 is 0.895 bits per heavy atom. The Morgan fingerprint density at radius 2 is 1.58 bits per heavy atom. The number of benzene rings is 2. The Hall–Kier alpha value is -3.80. The second kappa shape index (κ2) is 8.35. The molecule has 38 heavy (non-hydrogen) atoms. The van der Waals surface area contributed by atoms with Crippen LogP contribution in [0.15, 0.2) is 72.1 Å². The summed E-state index contributed by atoms with van der Waals surface area (Å²) in [4.78, 5) is 55.8. The standard InChI is InChI=1S/C32H30N2O4/c1-19-17-32-24-10-5-4-9-23(24)28(36)16-29(32)34(18-25(19)32)31(38)12-6-11-30(37)33-14-13-21-20-7-2-3-8-22(20)27(35)15-26(21)33/h2-5,7-10,15-16,19,21,25H,6,11-14,17-18H2,1H3/t19-,21?,25?,32?/m0/s1. The molecule has 2 heterocycles. The first-order valence-electron chi connectivity index (χ1n) is 13.7. The van der Waals surface area contributed by atoms with E-state index in [9.17, 15) is 19.2 Å². The van der Waals surface area contributed by atoms with Gasteiger partial charge in [-0.15, -0.1) is 0 Å². The van der Waals surface area contributed by atoms with Crippen LogP contribution in [-0.4, -0.2) is 46.3 Å². The van der Waals surface area contributed by atoms with Crippen molar-refractivity contribution in [1.82, 2.24) is 9.80 Å². The van der Waals surface area contributed by atoms with E-state index in [0.29, 0.717) is 31.3 Å². The summed E-state index contributed by atoms with van der Waals surface area (Å²) in [7, 11) is 0. The molecule has 3 aliphatic carbocycles. The number of rotatable bonds is 4. The van der Waals surface area contributed by atoms with E-state index in [1.165, 1.54) is 0 Å². The van der Waals surface area contributed by atoms with Gasteiger partial charge >= 0.3 is 0 Å². The second-order valence-corrected chi connectivity index (χ2v) is 11.5. The molecule has 6 heteroatoms. The number of amides is 2. The van der Waals surface area contributed by atoms with Crippen LogP contribution in [0.25, 0.3) is 0 Å². The average Bonchev–Trinajstić information content (AvgIpc) is 3.46. The summed E-state index contributed by atoms with van der Waals surface area (Å²) in [5.41, 5.74) is 4.96. The van der Waals surface area contributed by atoms with Gasteiger partial charge in [-0.3, -0.25) is 19.2 Å². The molecule has 1 saturated carbocycles.